The van der Waals surface area contributed by atoms with Crippen LogP contribution in [-0.4, -0.2) is 24.1 Å². The fraction of sp³-hybridized carbons (Fsp3) is 0.0476. The molecule has 0 saturated carbocycles. The van der Waals surface area contributed by atoms with Gasteiger partial charge < -0.3 is 15.2 Å². The number of benzene rings is 2. The van der Waals surface area contributed by atoms with Crippen LogP contribution >= 0.6 is 22.9 Å². The number of aliphatic carboxylic acids is 1. The zero-order valence-corrected chi connectivity index (χ0v) is 16.4. The molecular formula is C21H16ClNO4S. The summed E-state index contributed by atoms with van der Waals surface area (Å²) in [5.74, 6) is -1.13. The Balaban J connectivity index is 1.82. The molecule has 3 aromatic rings. The summed E-state index contributed by atoms with van der Waals surface area (Å²) in [5, 5.41) is 12.5. The van der Waals surface area contributed by atoms with Crippen LogP contribution in [0.25, 0.3) is 16.5 Å². The molecule has 5 nitrogen and oxygen atoms in total. The van der Waals surface area contributed by atoms with Crippen LogP contribution in [0.3, 0.4) is 0 Å². The Bertz CT molecular complexity index is 1040. The molecule has 0 aliphatic carbocycles. The van der Waals surface area contributed by atoms with Crippen molar-refractivity contribution in [1.29, 1.82) is 0 Å². The quantitative estimate of drug-likeness (QED) is 0.561. The number of halogens is 1. The van der Waals surface area contributed by atoms with Gasteiger partial charge >= 0.3 is 5.97 Å². The van der Waals surface area contributed by atoms with Crippen LogP contribution in [0, 0.1) is 0 Å². The lowest BCUT2D eigenvalue weighted by atomic mass is 10.2. The molecule has 2 N–H and O–H groups in total. The van der Waals surface area contributed by atoms with E-state index in [1.165, 1.54) is 24.5 Å². The van der Waals surface area contributed by atoms with Gasteiger partial charge in [0.1, 0.15) is 11.4 Å². The Kier molecular flexibility index (Phi) is 6.13. The SMILES string of the molecule is COc1ccc(C(=O)N/C(=C\c2ccc(-c3ccccc3Cl)s2)C(=O)O)cc1. The van der Waals surface area contributed by atoms with Crippen LogP contribution in [0.5, 0.6) is 5.75 Å². The minimum atomic E-state index is -1.23. The first kappa shape index (κ1) is 19.7. The summed E-state index contributed by atoms with van der Waals surface area (Å²) >= 11 is 7.60. The average Bonchev–Trinajstić information content (AvgIpc) is 3.16. The number of carboxylic acid groups (broad SMARTS) is 1. The predicted molar refractivity (Wildman–Crippen MR) is 111 cm³/mol. The highest BCUT2D eigenvalue weighted by atomic mass is 35.5. The van der Waals surface area contributed by atoms with Crippen molar-refractivity contribution in [3.05, 3.63) is 81.8 Å². The van der Waals surface area contributed by atoms with E-state index in [1.54, 1.807) is 36.4 Å². The van der Waals surface area contributed by atoms with Crippen molar-refractivity contribution in [2.75, 3.05) is 7.11 Å². The minimum absolute atomic E-state index is 0.214. The van der Waals surface area contributed by atoms with Gasteiger partial charge in [-0.25, -0.2) is 4.79 Å². The Morgan fingerprint density at radius 2 is 1.79 bits per heavy atom. The minimum Gasteiger partial charge on any atom is -0.497 e. The third-order valence-electron chi connectivity index (χ3n) is 3.88. The van der Waals surface area contributed by atoms with Gasteiger partial charge in [-0.1, -0.05) is 29.8 Å². The first-order valence-electron chi connectivity index (χ1n) is 8.23. The van der Waals surface area contributed by atoms with Gasteiger partial charge in [-0.15, -0.1) is 11.3 Å². The number of rotatable bonds is 6. The molecule has 0 fully saturated rings. The second-order valence-corrected chi connectivity index (χ2v) is 7.25. The number of hydrogen-bond acceptors (Lipinski definition) is 4. The van der Waals surface area contributed by atoms with Crippen LogP contribution < -0.4 is 10.1 Å². The molecule has 0 saturated heterocycles. The number of nitrogens with one attached hydrogen (secondary N) is 1. The largest absolute Gasteiger partial charge is 0.497 e. The van der Waals surface area contributed by atoms with E-state index in [4.69, 9.17) is 16.3 Å². The summed E-state index contributed by atoms with van der Waals surface area (Å²) < 4.78 is 5.05. The highest BCUT2D eigenvalue weighted by Crippen LogP contribution is 2.33. The fourth-order valence-corrected chi connectivity index (χ4v) is 3.75. The number of amides is 1. The van der Waals surface area contributed by atoms with Crippen molar-refractivity contribution in [1.82, 2.24) is 5.32 Å². The number of thiophene rings is 1. The van der Waals surface area contributed by atoms with Gasteiger partial charge in [0.15, 0.2) is 0 Å². The van der Waals surface area contributed by atoms with Gasteiger partial charge in [-0.05, 0) is 48.5 Å². The second kappa shape index (κ2) is 8.73. The Labute approximate surface area is 170 Å². The number of methoxy groups -OCH3 is 1. The van der Waals surface area contributed by atoms with E-state index in [0.29, 0.717) is 21.2 Å². The van der Waals surface area contributed by atoms with Crippen molar-refractivity contribution in [2.24, 2.45) is 0 Å². The van der Waals surface area contributed by atoms with Crippen LogP contribution in [-0.2, 0) is 4.79 Å². The maximum atomic E-state index is 12.4. The van der Waals surface area contributed by atoms with Gasteiger partial charge in [0, 0.05) is 25.9 Å². The molecule has 0 atom stereocenters. The molecule has 0 radical (unpaired) electrons. The zero-order valence-electron chi connectivity index (χ0n) is 14.8. The van der Waals surface area contributed by atoms with Crippen LogP contribution in [0.1, 0.15) is 15.2 Å². The molecule has 0 spiro atoms. The fourth-order valence-electron chi connectivity index (χ4n) is 2.47. The molecule has 7 heteroatoms. The van der Waals surface area contributed by atoms with Gasteiger partial charge in [-0.2, -0.15) is 0 Å². The summed E-state index contributed by atoms with van der Waals surface area (Å²) in [4.78, 5) is 25.5. The maximum Gasteiger partial charge on any atom is 0.352 e. The smallest absolute Gasteiger partial charge is 0.352 e. The van der Waals surface area contributed by atoms with Crippen molar-refractivity contribution in [3.63, 3.8) is 0 Å². The summed E-state index contributed by atoms with van der Waals surface area (Å²) in [6.07, 6.45) is 1.43. The zero-order chi connectivity index (χ0) is 20.1. The normalized spacial score (nSPS) is 11.1. The van der Waals surface area contributed by atoms with E-state index in [2.05, 4.69) is 5.32 Å². The van der Waals surface area contributed by atoms with Gasteiger partial charge in [0.25, 0.3) is 5.91 Å². The van der Waals surface area contributed by atoms with E-state index in [0.717, 1.165) is 10.4 Å². The lowest BCUT2D eigenvalue weighted by molar-refractivity contribution is -0.132. The van der Waals surface area contributed by atoms with Crippen molar-refractivity contribution in [2.45, 2.75) is 0 Å². The molecule has 0 aliphatic heterocycles. The number of hydrogen-bond donors (Lipinski definition) is 2. The number of ether oxygens (including phenoxy) is 1. The predicted octanol–water partition coefficient (Wildman–Crippen LogP) is 4.93. The number of carboxylic acids is 1. The van der Waals surface area contributed by atoms with E-state index in [-0.39, 0.29) is 5.70 Å². The Morgan fingerprint density at radius 1 is 1.07 bits per heavy atom. The van der Waals surface area contributed by atoms with E-state index in [1.807, 2.05) is 24.3 Å². The second-order valence-electron chi connectivity index (χ2n) is 5.73. The molecule has 0 aliphatic rings. The Hall–Kier alpha value is -3.09. The molecule has 1 heterocycles. The lowest BCUT2D eigenvalue weighted by Gasteiger charge is -2.06. The van der Waals surface area contributed by atoms with Gasteiger partial charge in [-0.3, -0.25) is 4.79 Å². The van der Waals surface area contributed by atoms with Crippen LogP contribution in [0.2, 0.25) is 5.02 Å². The van der Waals surface area contributed by atoms with Crippen LogP contribution in [0.4, 0.5) is 0 Å². The molecule has 1 amide bonds. The molecule has 3 rings (SSSR count). The number of carbonyl (C=O) groups excluding carboxylic acids is 1. The molecule has 0 bridgehead atoms. The molecular weight excluding hydrogens is 398 g/mol. The number of carbonyl (C=O) groups is 2. The third-order valence-corrected chi connectivity index (χ3v) is 5.28. The molecule has 0 unspecified atom stereocenters. The standard InChI is InChI=1S/C21H16ClNO4S/c1-27-14-8-6-13(7-9-14)20(24)23-18(21(25)26)12-15-10-11-19(28-15)16-4-2-3-5-17(16)22/h2-12H,1H3,(H,23,24)(H,25,26)/b18-12-. The Morgan fingerprint density at radius 3 is 2.43 bits per heavy atom. The monoisotopic (exact) mass is 413 g/mol. The first-order chi connectivity index (χ1) is 13.5. The van der Waals surface area contributed by atoms with E-state index < -0.39 is 11.9 Å². The summed E-state index contributed by atoms with van der Waals surface area (Å²) in [5.41, 5.74) is 0.984. The van der Waals surface area contributed by atoms with Crippen molar-refractivity contribution >= 4 is 40.9 Å². The maximum absolute atomic E-state index is 12.4. The van der Waals surface area contributed by atoms with E-state index in [9.17, 15) is 14.7 Å². The molecule has 142 valence electrons. The molecule has 1 aromatic heterocycles. The average molecular weight is 414 g/mol. The van der Waals surface area contributed by atoms with Crippen molar-refractivity contribution < 1.29 is 19.4 Å². The highest BCUT2D eigenvalue weighted by Gasteiger charge is 2.14. The lowest BCUT2D eigenvalue weighted by Crippen LogP contribution is -2.27. The summed E-state index contributed by atoms with van der Waals surface area (Å²) in [6.45, 7) is 0. The molecule has 2 aromatic carbocycles. The van der Waals surface area contributed by atoms with Crippen LogP contribution in [0.15, 0.2) is 66.4 Å². The summed E-state index contributed by atoms with van der Waals surface area (Å²) in [7, 11) is 1.53. The molecule has 28 heavy (non-hydrogen) atoms. The van der Waals surface area contributed by atoms with Gasteiger partial charge in [0.2, 0.25) is 0 Å². The third kappa shape index (κ3) is 4.60. The van der Waals surface area contributed by atoms with Gasteiger partial charge in [0.05, 0.1) is 7.11 Å². The highest BCUT2D eigenvalue weighted by molar-refractivity contribution is 7.16. The first-order valence-corrected chi connectivity index (χ1v) is 9.42. The van der Waals surface area contributed by atoms with Crippen molar-refractivity contribution in [3.8, 4) is 16.2 Å². The van der Waals surface area contributed by atoms with E-state index >= 15 is 0 Å². The summed E-state index contributed by atoms with van der Waals surface area (Å²) in [6, 6.07) is 17.5. The topological polar surface area (TPSA) is 75.6 Å².